The van der Waals surface area contributed by atoms with Gasteiger partial charge < -0.3 is 4.90 Å². The van der Waals surface area contributed by atoms with E-state index in [1.54, 1.807) is 24.3 Å². The van der Waals surface area contributed by atoms with Gasteiger partial charge in [0, 0.05) is 24.8 Å². The van der Waals surface area contributed by atoms with Crippen LogP contribution in [-0.4, -0.2) is 27.7 Å². The van der Waals surface area contributed by atoms with Crippen LogP contribution in [0.3, 0.4) is 0 Å². The Hall–Kier alpha value is -3.76. The molecule has 0 aromatic heterocycles. The van der Waals surface area contributed by atoms with Gasteiger partial charge in [0.05, 0.1) is 23.1 Å². The Bertz CT molecular complexity index is 1290. The Morgan fingerprint density at radius 2 is 1.67 bits per heavy atom. The van der Waals surface area contributed by atoms with Crippen LogP contribution in [0.2, 0.25) is 0 Å². The van der Waals surface area contributed by atoms with Gasteiger partial charge in [-0.3, -0.25) is 0 Å². The average Bonchev–Trinajstić information content (AvgIpc) is 2.81. The van der Waals surface area contributed by atoms with Crippen LogP contribution in [0.5, 0.6) is 0 Å². The zero-order valence-electron chi connectivity index (χ0n) is 18.4. The van der Waals surface area contributed by atoms with Gasteiger partial charge in [-0.2, -0.15) is 18.1 Å². The molecule has 0 saturated carbocycles. The number of sulfonamides is 1. The van der Waals surface area contributed by atoms with Gasteiger partial charge in [0.1, 0.15) is 5.82 Å². The number of aryl methyl sites for hydroxylation is 1. The van der Waals surface area contributed by atoms with Gasteiger partial charge in [0.2, 0.25) is 0 Å². The summed E-state index contributed by atoms with van der Waals surface area (Å²) in [6, 6.07) is 21.7. The van der Waals surface area contributed by atoms with Crippen molar-refractivity contribution in [1.29, 1.82) is 5.26 Å². The molecule has 3 aromatic rings. The number of hydrogen-bond donors (Lipinski definition) is 0. The van der Waals surface area contributed by atoms with Gasteiger partial charge in [-0.25, -0.2) is 4.39 Å². The van der Waals surface area contributed by atoms with Crippen LogP contribution >= 0.6 is 0 Å². The maximum atomic E-state index is 13.4. The van der Waals surface area contributed by atoms with Crippen LogP contribution in [0.1, 0.15) is 23.1 Å². The van der Waals surface area contributed by atoms with Crippen LogP contribution in [0, 0.1) is 24.1 Å². The highest BCUT2D eigenvalue weighted by Crippen LogP contribution is 2.18. The standard InChI is InChI=1S/C26H24FN3O2S/c1-20-4-15-25(16-5-20)33(31,32)29-26(22-9-11-23(27)12-10-22)17-8-21-6-13-24(14-7-21)30(2)19-3-18-28/h4-17H,3,19H2,1-2H3/b17-8+,29-26+. The van der Waals surface area contributed by atoms with Crippen molar-refractivity contribution < 1.29 is 12.8 Å². The summed E-state index contributed by atoms with van der Waals surface area (Å²) >= 11 is 0. The molecule has 0 spiro atoms. The number of halogens is 1. The third-order valence-electron chi connectivity index (χ3n) is 5.00. The number of rotatable bonds is 8. The van der Waals surface area contributed by atoms with Gasteiger partial charge in [-0.1, -0.05) is 35.9 Å². The number of allylic oxidation sites excluding steroid dienone is 1. The lowest BCUT2D eigenvalue weighted by Gasteiger charge is -2.17. The monoisotopic (exact) mass is 461 g/mol. The highest BCUT2D eigenvalue weighted by Gasteiger charge is 2.14. The number of nitriles is 1. The fourth-order valence-corrected chi connectivity index (χ4v) is 4.06. The molecule has 0 bridgehead atoms. The minimum atomic E-state index is -3.96. The first-order valence-corrected chi connectivity index (χ1v) is 11.8. The van der Waals surface area contributed by atoms with Gasteiger partial charge >= 0.3 is 0 Å². The predicted molar refractivity (Wildman–Crippen MR) is 130 cm³/mol. The molecule has 0 aliphatic carbocycles. The van der Waals surface area contributed by atoms with Crippen molar-refractivity contribution in [2.45, 2.75) is 18.2 Å². The van der Waals surface area contributed by atoms with Crippen molar-refractivity contribution in [1.82, 2.24) is 0 Å². The van der Waals surface area contributed by atoms with E-state index in [0.717, 1.165) is 16.8 Å². The van der Waals surface area contributed by atoms with Gasteiger partial charge in [-0.15, -0.1) is 0 Å². The molecule has 3 aromatic carbocycles. The summed E-state index contributed by atoms with van der Waals surface area (Å²) in [6.07, 6.45) is 3.80. The molecule has 0 aliphatic rings. The molecule has 0 N–H and O–H groups in total. The first-order valence-electron chi connectivity index (χ1n) is 10.3. The van der Waals surface area contributed by atoms with E-state index < -0.39 is 15.8 Å². The molecule has 168 valence electrons. The Morgan fingerprint density at radius 3 is 2.27 bits per heavy atom. The van der Waals surface area contributed by atoms with E-state index in [0.29, 0.717) is 18.5 Å². The van der Waals surface area contributed by atoms with Crippen LogP contribution in [0.4, 0.5) is 10.1 Å². The Balaban J connectivity index is 1.93. The van der Waals surface area contributed by atoms with E-state index in [1.807, 2.05) is 43.1 Å². The normalized spacial score (nSPS) is 12.0. The van der Waals surface area contributed by atoms with Crippen LogP contribution in [0.15, 0.2) is 88.2 Å². The molecular weight excluding hydrogens is 437 g/mol. The molecular formula is C26H24FN3O2S. The average molecular weight is 462 g/mol. The quantitative estimate of drug-likeness (QED) is 0.423. The van der Waals surface area contributed by atoms with E-state index in [9.17, 15) is 12.8 Å². The summed E-state index contributed by atoms with van der Waals surface area (Å²) in [6.45, 7) is 2.50. The van der Waals surface area contributed by atoms with Gasteiger partial charge in [0.15, 0.2) is 0 Å². The van der Waals surface area contributed by atoms with E-state index in [-0.39, 0.29) is 10.6 Å². The number of benzene rings is 3. The summed E-state index contributed by atoms with van der Waals surface area (Å²) < 4.78 is 43.2. The summed E-state index contributed by atoms with van der Waals surface area (Å²) in [7, 11) is -2.04. The fourth-order valence-electron chi connectivity index (χ4n) is 3.05. The smallest absolute Gasteiger partial charge is 0.282 e. The second-order valence-corrected chi connectivity index (χ2v) is 9.13. The number of nitrogens with zero attached hydrogens (tertiary/aromatic N) is 3. The second-order valence-electron chi connectivity index (χ2n) is 7.53. The summed E-state index contributed by atoms with van der Waals surface area (Å²) in [5, 5.41) is 8.74. The van der Waals surface area contributed by atoms with Crippen molar-refractivity contribution >= 4 is 27.5 Å². The number of hydrogen-bond acceptors (Lipinski definition) is 4. The topological polar surface area (TPSA) is 73.5 Å². The van der Waals surface area contributed by atoms with Crippen molar-refractivity contribution in [3.8, 4) is 6.07 Å². The van der Waals surface area contributed by atoms with Crippen molar-refractivity contribution in [3.63, 3.8) is 0 Å². The van der Waals surface area contributed by atoms with Crippen LogP contribution < -0.4 is 4.90 Å². The molecule has 5 nitrogen and oxygen atoms in total. The molecule has 3 rings (SSSR count). The molecule has 0 atom stereocenters. The summed E-state index contributed by atoms with van der Waals surface area (Å²) in [5.41, 5.74) is 3.44. The molecule has 0 fully saturated rings. The second kappa shape index (κ2) is 10.7. The first kappa shape index (κ1) is 23.9. The minimum Gasteiger partial charge on any atom is -0.374 e. The Morgan fingerprint density at radius 1 is 1.03 bits per heavy atom. The summed E-state index contributed by atoms with van der Waals surface area (Å²) in [4.78, 5) is 2.07. The molecule has 0 heterocycles. The molecule has 0 unspecified atom stereocenters. The predicted octanol–water partition coefficient (Wildman–Crippen LogP) is 5.38. The first-order chi connectivity index (χ1) is 15.8. The highest BCUT2D eigenvalue weighted by atomic mass is 32.2. The van der Waals surface area contributed by atoms with Gasteiger partial charge in [-0.05, 0) is 67.1 Å². The molecule has 7 heteroatoms. The lowest BCUT2D eigenvalue weighted by atomic mass is 10.1. The van der Waals surface area contributed by atoms with E-state index in [4.69, 9.17) is 5.26 Å². The summed E-state index contributed by atoms with van der Waals surface area (Å²) in [5.74, 6) is -0.417. The van der Waals surface area contributed by atoms with Crippen molar-refractivity contribution in [2.24, 2.45) is 4.40 Å². The Kier molecular flexibility index (Phi) is 7.75. The third kappa shape index (κ3) is 6.61. The lowest BCUT2D eigenvalue weighted by molar-refractivity contribution is 0.598. The lowest BCUT2D eigenvalue weighted by Crippen LogP contribution is -2.17. The maximum absolute atomic E-state index is 13.4. The van der Waals surface area contributed by atoms with Crippen molar-refractivity contribution in [2.75, 3.05) is 18.5 Å². The van der Waals surface area contributed by atoms with E-state index >= 15 is 0 Å². The molecule has 0 saturated heterocycles. The zero-order valence-corrected chi connectivity index (χ0v) is 19.3. The highest BCUT2D eigenvalue weighted by molar-refractivity contribution is 7.90. The zero-order chi connectivity index (χ0) is 23.8. The van der Waals surface area contributed by atoms with Gasteiger partial charge in [0.25, 0.3) is 10.0 Å². The SMILES string of the molecule is Cc1ccc(S(=O)(=O)/N=C(\C=C\c2ccc(N(C)CCC#N)cc2)c2ccc(F)cc2)cc1. The van der Waals surface area contributed by atoms with E-state index in [1.165, 1.54) is 36.4 Å². The van der Waals surface area contributed by atoms with Crippen molar-refractivity contribution in [3.05, 3.63) is 101 Å². The number of anilines is 1. The molecule has 0 radical (unpaired) electrons. The van der Waals surface area contributed by atoms with Crippen LogP contribution in [-0.2, 0) is 10.0 Å². The fraction of sp³-hybridized carbons (Fsp3) is 0.154. The largest absolute Gasteiger partial charge is 0.374 e. The molecule has 0 aliphatic heterocycles. The third-order valence-corrected chi connectivity index (χ3v) is 6.31. The van der Waals surface area contributed by atoms with E-state index in [2.05, 4.69) is 10.5 Å². The Labute approximate surface area is 194 Å². The van der Waals surface area contributed by atoms with Crippen LogP contribution in [0.25, 0.3) is 6.08 Å². The maximum Gasteiger partial charge on any atom is 0.282 e. The molecule has 0 amide bonds. The molecule has 33 heavy (non-hydrogen) atoms. The minimum absolute atomic E-state index is 0.0888.